The molecule has 0 radical (unpaired) electrons. The predicted octanol–water partition coefficient (Wildman–Crippen LogP) is 2.98. The Balaban J connectivity index is 2.51. The predicted molar refractivity (Wildman–Crippen MR) is 68.4 cm³/mol. The molecular weight excluding hydrogens is 217 g/mol. The van der Waals surface area contributed by atoms with E-state index in [-0.39, 0.29) is 5.82 Å². The van der Waals surface area contributed by atoms with E-state index in [2.05, 4.69) is 18.7 Å². The van der Waals surface area contributed by atoms with Gasteiger partial charge in [-0.05, 0) is 37.2 Å². The molecule has 1 rings (SSSR count). The van der Waals surface area contributed by atoms with Crippen LogP contribution in [0.2, 0.25) is 0 Å². The van der Waals surface area contributed by atoms with Crippen LogP contribution in [0.25, 0.3) is 0 Å². The van der Waals surface area contributed by atoms with E-state index in [0.717, 1.165) is 31.5 Å². The van der Waals surface area contributed by atoms with Crippen molar-refractivity contribution in [2.75, 3.05) is 19.6 Å². The van der Waals surface area contributed by atoms with Gasteiger partial charge < -0.3 is 10.0 Å². The Morgan fingerprint density at radius 2 is 1.88 bits per heavy atom. The lowest BCUT2D eigenvalue weighted by Gasteiger charge is -2.23. The zero-order valence-electron chi connectivity index (χ0n) is 10.7. The highest BCUT2D eigenvalue weighted by atomic mass is 19.1. The molecule has 1 N–H and O–H groups in total. The number of hydrogen-bond acceptors (Lipinski definition) is 2. The van der Waals surface area contributed by atoms with Gasteiger partial charge in [0, 0.05) is 6.54 Å². The van der Waals surface area contributed by atoms with Crippen LogP contribution in [-0.2, 0) is 0 Å². The van der Waals surface area contributed by atoms with Gasteiger partial charge in [-0.25, -0.2) is 4.39 Å². The first kappa shape index (κ1) is 14.1. The highest BCUT2D eigenvalue weighted by Gasteiger charge is 2.11. The summed E-state index contributed by atoms with van der Waals surface area (Å²) >= 11 is 0. The van der Waals surface area contributed by atoms with E-state index in [9.17, 15) is 9.50 Å². The van der Waals surface area contributed by atoms with Gasteiger partial charge in [-0.1, -0.05) is 32.4 Å². The van der Waals surface area contributed by atoms with Crippen LogP contribution < -0.4 is 0 Å². The summed E-state index contributed by atoms with van der Waals surface area (Å²) in [4.78, 5) is 2.22. The van der Waals surface area contributed by atoms with Crippen LogP contribution in [-0.4, -0.2) is 29.6 Å². The van der Waals surface area contributed by atoms with E-state index in [1.807, 2.05) is 0 Å². The van der Waals surface area contributed by atoms with E-state index >= 15 is 0 Å². The third-order valence-corrected chi connectivity index (χ3v) is 2.96. The Labute approximate surface area is 103 Å². The molecule has 3 heteroatoms. The van der Waals surface area contributed by atoms with Gasteiger partial charge in [0.05, 0.1) is 6.10 Å². The zero-order chi connectivity index (χ0) is 12.7. The van der Waals surface area contributed by atoms with E-state index < -0.39 is 6.10 Å². The van der Waals surface area contributed by atoms with Gasteiger partial charge in [0.2, 0.25) is 0 Å². The quantitative estimate of drug-likeness (QED) is 0.790. The average Bonchev–Trinajstić information content (AvgIpc) is 2.35. The van der Waals surface area contributed by atoms with E-state index in [1.165, 1.54) is 12.1 Å². The standard InChI is InChI=1S/C14H22FNO/c1-3-5-10-16(4-2)11-14(17)12-6-8-13(15)9-7-12/h6-9,14,17H,3-5,10-11H2,1-2H3. The number of aliphatic hydroxyl groups is 1. The lowest BCUT2D eigenvalue weighted by atomic mass is 10.1. The number of nitrogens with zero attached hydrogens (tertiary/aromatic N) is 1. The zero-order valence-corrected chi connectivity index (χ0v) is 10.7. The van der Waals surface area contributed by atoms with Gasteiger partial charge in [-0.3, -0.25) is 0 Å². The molecule has 0 heterocycles. The van der Waals surface area contributed by atoms with E-state index in [4.69, 9.17) is 0 Å². The van der Waals surface area contributed by atoms with Gasteiger partial charge in [-0.2, -0.15) is 0 Å². The second-order valence-electron chi connectivity index (χ2n) is 4.31. The number of halogens is 1. The van der Waals surface area contributed by atoms with Crippen molar-refractivity contribution in [1.82, 2.24) is 4.90 Å². The molecule has 1 atom stereocenters. The molecule has 0 spiro atoms. The summed E-state index contributed by atoms with van der Waals surface area (Å²) in [5.41, 5.74) is 0.779. The maximum absolute atomic E-state index is 12.8. The monoisotopic (exact) mass is 239 g/mol. The Bertz CT molecular complexity index is 313. The Kier molecular flexibility index (Phi) is 6.16. The van der Waals surface area contributed by atoms with Crippen molar-refractivity contribution < 1.29 is 9.50 Å². The third-order valence-electron chi connectivity index (χ3n) is 2.96. The lowest BCUT2D eigenvalue weighted by Crippen LogP contribution is -2.29. The lowest BCUT2D eigenvalue weighted by molar-refractivity contribution is 0.115. The van der Waals surface area contributed by atoms with Crippen LogP contribution in [0.15, 0.2) is 24.3 Å². The first-order chi connectivity index (χ1) is 8.17. The largest absolute Gasteiger partial charge is 0.387 e. The molecule has 1 unspecified atom stereocenters. The smallest absolute Gasteiger partial charge is 0.123 e. The fourth-order valence-corrected chi connectivity index (χ4v) is 1.80. The minimum absolute atomic E-state index is 0.265. The van der Waals surface area contributed by atoms with Crippen LogP contribution in [0.1, 0.15) is 38.4 Å². The van der Waals surface area contributed by atoms with Crippen molar-refractivity contribution in [3.8, 4) is 0 Å². The molecule has 2 nitrogen and oxygen atoms in total. The number of benzene rings is 1. The molecule has 0 amide bonds. The van der Waals surface area contributed by atoms with Crippen molar-refractivity contribution in [3.63, 3.8) is 0 Å². The summed E-state index contributed by atoms with van der Waals surface area (Å²) < 4.78 is 12.8. The summed E-state index contributed by atoms with van der Waals surface area (Å²) in [6.45, 7) is 6.79. The minimum Gasteiger partial charge on any atom is -0.387 e. The number of aliphatic hydroxyl groups excluding tert-OH is 1. The molecule has 0 saturated carbocycles. The van der Waals surface area contributed by atoms with Crippen molar-refractivity contribution in [2.24, 2.45) is 0 Å². The molecule has 0 aliphatic heterocycles. The highest BCUT2D eigenvalue weighted by Crippen LogP contribution is 2.15. The molecule has 0 aromatic heterocycles. The summed E-state index contributed by atoms with van der Waals surface area (Å²) in [5, 5.41) is 10.0. The normalized spacial score (nSPS) is 13.0. The van der Waals surface area contributed by atoms with Crippen LogP contribution in [0.5, 0.6) is 0 Å². The molecule has 0 aliphatic rings. The maximum atomic E-state index is 12.8. The van der Waals surface area contributed by atoms with Crippen LogP contribution in [0.3, 0.4) is 0 Å². The third kappa shape index (κ3) is 4.84. The van der Waals surface area contributed by atoms with E-state index in [1.54, 1.807) is 12.1 Å². The van der Waals surface area contributed by atoms with Crippen molar-refractivity contribution in [2.45, 2.75) is 32.8 Å². The van der Waals surface area contributed by atoms with E-state index in [0.29, 0.717) is 6.54 Å². The fraction of sp³-hybridized carbons (Fsp3) is 0.571. The van der Waals surface area contributed by atoms with Crippen molar-refractivity contribution in [3.05, 3.63) is 35.6 Å². The molecule has 96 valence electrons. The van der Waals surface area contributed by atoms with Gasteiger partial charge in [0.1, 0.15) is 5.82 Å². The second kappa shape index (κ2) is 7.41. The molecule has 0 aliphatic carbocycles. The molecule has 1 aromatic carbocycles. The number of likely N-dealkylation sites (N-methyl/N-ethyl adjacent to an activating group) is 1. The van der Waals surface area contributed by atoms with Gasteiger partial charge in [0.15, 0.2) is 0 Å². The Morgan fingerprint density at radius 3 is 2.41 bits per heavy atom. The molecule has 0 bridgehead atoms. The van der Waals surface area contributed by atoms with Crippen LogP contribution >= 0.6 is 0 Å². The number of rotatable bonds is 7. The first-order valence-electron chi connectivity index (χ1n) is 6.33. The average molecular weight is 239 g/mol. The summed E-state index contributed by atoms with van der Waals surface area (Å²) in [6.07, 6.45) is 1.76. The SMILES string of the molecule is CCCCN(CC)CC(O)c1ccc(F)cc1. The molecule has 0 saturated heterocycles. The van der Waals surface area contributed by atoms with Crippen LogP contribution in [0, 0.1) is 5.82 Å². The fourth-order valence-electron chi connectivity index (χ4n) is 1.80. The summed E-state index contributed by atoms with van der Waals surface area (Å²) in [6, 6.07) is 6.07. The second-order valence-corrected chi connectivity index (χ2v) is 4.31. The number of unbranched alkanes of at least 4 members (excludes halogenated alkanes) is 1. The topological polar surface area (TPSA) is 23.5 Å². The van der Waals surface area contributed by atoms with Gasteiger partial charge in [0.25, 0.3) is 0 Å². The summed E-state index contributed by atoms with van der Waals surface area (Å²) in [7, 11) is 0. The molecule has 17 heavy (non-hydrogen) atoms. The minimum atomic E-state index is -0.535. The van der Waals surface area contributed by atoms with Crippen molar-refractivity contribution >= 4 is 0 Å². The molecular formula is C14H22FNO. The maximum Gasteiger partial charge on any atom is 0.123 e. The van der Waals surface area contributed by atoms with Gasteiger partial charge >= 0.3 is 0 Å². The first-order valence-corrected chi connectivity index (χ1v) is 6.33. The molecule has 1 aromatic rings. The highest BCUT2D eigenvalue weighted by molar-refractivity contribution is 5.18. The van der Waals surface area contributed by atoms with Crippen molar-refractivity contribution in [1.29, 1.82) is 0 Å². The number of hydrogen-bond donors (Lipinski definition) is 1. The van der Waals surface area contributed by atoms with Crippen LogP contribution in [0.4, 0.5) is 4.39 Å². The Hall–Kier alpha value is -0.930. The summed E-state index contributed by atoms with van der Waals surface area (Å²) in [5.74, 6) is -0.265. The Morgan fingerprint density at radius 1 is 1.24 bits per heavy atom. The molecule has 0 fully saturated rings. The van der Waals surface area contributed by atoms with Gasteiger partial charge in [-0.15, -0.1) is 0 Å².